The van der Waals surface area contributed by atoms with E-state index in [0.717, 1.165) is 10.9 Å². The molecule has 122 valence electrons. The van der Waals surface area contributed by atoms with E-state index in [9.17, 15) is 24.0 Å². The third kappa shape index (κ3) is 3.38. The van der Waals surface area contributed by atoms with E-state index >= 15 is 0 Å². The van der Waals surface area contributed by atoms with Gasteiger partial charge in [-0.15, -0.1) is 0 Å². The highest BCUT2D eigenvalue weighted by Gasteiger charge is 2.31. The zero-order valence-electron chi connectivity index (χ0n) is 11.8. The van der Waals surface area contributed by atoms with Crippen molar-refractivity contribution >= 4 is 18.2 Å². The number of halogens is 2. The smallest absolute Gasteiger partial charge is 0.331 e. The zero-order chi connectivity index (χ0) is 16.3. The molecule has 8 nitrogen and oxygen atoms in total. The molecule has 2 rings (SSSR count). The summed E-state index contributed by atoms with van der Waals surface area (Å²) in [6, 6.07) is -0.365. The lowest BCUT2D eigenvalue weighted by molar-refractivity contribution is -0.384. The fraction of sp³-hybridized carbons (Fsp3) is 0.667. The highest BCUT2D eigenvalue weighted by Crippen LogP contribution is 2.30. The maximum Gasteiger partial charge on any atom is 0.331 e. The van der Waals surface area contributed by atoms with Crippen LogP contribution >= 0.6 is 0 Å². The van der Waals surface area contributed by atoms with Crippen molar-refractivity contribution in [3.05, 3.63) is 16.3 Å². The summed E-state index contributed by atoms with van der Waals surface area (Å²) < 4.78 is 26.2. The van der Waals surface area contributed by atoms with Gasteiger partial charge in [-0.1, -0.05) is 0 Å². The summed E-state index contributed by atoms with van der Waals surface area (Å²) in [6.45, 7) is 3.33. The van der Waals surface area contributed by atoms with Gasteiger partial charge in [0.2, 0.25) is 5.82 Å². The maximum atomic E-state index is 12.6. The summed E-state index contributed by atoms with van der Waals surface area (Å²) in [6.07, 6.45) is -1.64. The summed E-state index contributed by atoms with van der Waals surface area (Å²) in [4.78, 5) is 15.9. The molecule has 1 aromatic rings. The van der Waals surface area contributed by atoms with E-state index in [0.29, 0.717) is 25.9 Å². The number of anilines is 1. The predicted octanol–water partition coefficient (Wildman–Crippen LogP) is 1.09. The van der Waals surface area contributed by atoms with Gasteiger partial charge in [0.05, 0.1) is 17.1 Å². The van der Waals surface area contributed by atoms with Crippen molar-refractivity contribution in [1.82, 2.24) is 9.78 Å². The molecule has 0 radical (unpaired) electrons. The number of rotatable bonds is 5. The predicted molar refractivity (Wildman–Crippen MR) is 75.7 cm³/mol. The average molecular weight is 317 g/mol. The number of aromatic nitrogens is 2. The van der Waals surface area contributed by atoms with Crippen molar-refractivity contribution in [2.45, 2.75) is 38.0 Å². The van der Waals surface area contributed by atoms with Crippen LogP contribution in [0.25, 0.3) is 0 Å². The number of alkyl halides is 2. The maximum absolute atomic E-state index is 12.6. The van der Waals surface area contributed by atoms with Crippen LogP contribution in [0, 0.1) is 10.1 Å². The third-order valence-corrected chi connectivity index (χ3v) is 3.67. The van der Waals surface area contributed by atoms with Crippen molar-refractivity contribution < 1.29 is 18.8 Å². The summed E-state index contributed by atoms with van der Waals surface area (Å²) in [5.41, 5.74) is -0.319. The molecule has 10 heteroatoms. The standard InChI is InChI=1S/C12H17F2N5O3/c1-15-8-2-4-17(5-3-10(8)20)12-9(19(21)22)6-16-18(12)7-11(13)14/h6,8,10-11,20H,1-5,7H2/t8-,10+/m0/s1. The third-order valence-electron chi connectivity index (χ3n) is 3.67. The van der Waals surface area contributed by atoms with Gasteiger partial charge in [0.25, 0.3) is 6.43 Å². The molecule has 1 aromatic heterocycles. The molecule has 2 heterocycles. The normalized spacial score (nSPS) is 22.6. The van der Waals surface area contributed by atoms with Gasteiger partial charge in [0.1, 0.15) is 12.7 Å². The molecule has 1 fully saturated rings. The number of aliphatic hydroxyl groups is 1. The molecular formula is C12H17F2N5O3. The first-order chi connectivity index (χ1) is 10.4. The number of hydrogen-bond acceptors (Lipinski definition) is 6. The van der Waals surface area contributed by atoms with Crippen LogP contribution in [0.1, 0.15) is 12.8 Å². The lowest BCUT2D eigenvalue weighted by Crippen LogP contribution is -2.28. The molecule has 0 bridgehead atoms. The van der Waals surface area contributed by atoms with Gasteiger partial charge in [0.15, 0.2) is 0 Å². The van der Waals surface area contributed by atoms with E-state index in [1.165, 1.54) is 0 Å². The second kappa shape index (κ2) is 6.77. The van der Waals surface area contributed by atoms with E-state index in [1.54, 1.807) is 4.90 Å². The number of hydrogen-bond donors (Lipinski definition) is 1. The van der Waals surface area contributed by atoms with Crippen LogP contribution in [0.2, 0.25) is 0 Å². The Bertz CT molecular complexity index is 551. The van der Waals surface area contributed by atoms with Crippen molar-refractivity contribution in [2.75, 3.05) is 18.0 Å². The first-order valence-corrected chi connectivity index (χ1v) is 6.81. The first-order valence-electron chi connectivity index (χ1n) is 6.81. The summed E-state index contributed by atoms with van der Waals surface area (Å²) in [5, 5.41) is 24.7. The lowest BCUT2D eigenvalue weighted by atomic mass is 10.1. The fourth-order valence-corrected chi connectivity index (χ4v) is 2.58. The molecule has 1 aliphatic rings. The van der Waals surface area contributed by atoms with E-state index in [1.807, 2.05) is 0 Å². The Hall–Kier alpha value is -2.10. The van der Waals surface area contributed by atoms with E-state index in [4.69, 9.17) is 0 Å². The van der Waals surface area contributed by atoms with Gasteiger partial charge in [-0.3, -0.25) is 15.1 Å². The van der Waals surface area contributed by atoms with Crippen LogP contribution in [0.15, 0.2) is 11.2 Å². The van der Waals surface area contributed by atoms with Crippen molar-refractivity contribution in [2.24, 2.45) is 4.99 Å². The quantitative estimate of drug-likeness (QED) is 0.498. The molecule has 0 aromatic carbocycles. The topological polar surface area (TPSA) is 96.8 Å². The first kappa shape index (κ1) is 16.3. The van der Waals surface area contributed by atoms with Crippen molar-refractivity contribution in [1.29, 1.82) is 0 Å². The van der Waals surface area contributed by atoms with Crippen LogP contribution in [0.5, 0.6) is 0 Å². The van der Waals surface area contributed by atoms with Crippen LogP contribution < -0.4 is 4.90 Å². The lowest BCUT2D eigenvalue weighted by Gasteiger charge is -2.22. The molecule has 1 saturated heterocycles. The Kier molecular flexibility index (Phi) is 5.01. The Balaban J connectivity index is 2.31. The molecule has 1 N–H and O–H groups in total. The Morgan fingerprint density at radius 2 is 2.23 bits per heavy atom. The average Bonchev–Trinajstić information content (AvgIpc) is 2.76. The van der Waals surface area contributed by atoms with Gasteiger partial charge in [-0.05, 0) is 19.6 Å². The SMILES string of the molecule is C=N[C@H]1CCN(c2c([N+](=O)[O-])cnn2CC(F)F)CC[C@H]1O. The second-order valence-corrected chi connectivity index (χ2v) is 5.07. The summed E-state index contributed by atoms with van der Waals surface area (Å²) in [5.74, 6) is 0.0437. The molecule has 0 spiro atoms. The van der Waals surface area contributed by atoms with Crippen LogP contribution in [-0.2, 0) is 6.54 Å². The highest BCUT2D eigenvalue weighted by atomic mass is 19.3. The second-order valence-electron chi connectivity index (χ2n) is 5.07. The Labute approximate surface area is 125 Å². The minimum atomic E-state index is -2.67. The molecular weight excluding hydrogens is 300 g/mol. The minimum Gasteiger partial charge on any atom is -0.391 e. The van der Waals surface area contributed by atoms with Crippen molar-refractivity contribution in [3.63, 3.8) is 0 Å². The zero-order valence-corrected chi connectivity index (χ0v) is 11.8. The molecule has 0 saturated carbocycles. The molecule has 0 unspecified atom stereocenters. The summed E-state index contributed by atoms with van der Waals surface area (Å²) in [7, 11) is 0. The molecule has 0 aliphatic carbocycles. The van der Waals surface area contributed by atoms with Gasteiger partial charge in [-0.25, -0.2) is 13.5 Å². The van der Waals surface area contributed by atoms with Gasteiger partial charge in [-0.2, -0.15) is 5.10 Å². The van der Waals surface area contributed by atoms with Crippen LogP contribution in [0.4, 0.5) is 20.3 Å². The molecule has 1 aliphatic heterocycles. The largest absolute Gasteiger partial charge is 0.391 e. The van der Waals surface area contributed by atoms with Gasteiger partial charge < -0.3 is 10.0 Å². The number of aliphatic imine (C=N–C) groups is 1. The molecule has 0 amide bonds. The van der Waals surface area contributed by atoms with Crippen molar-refractivity contribution in [3.8, 4) is 0 Å². The Morgan fingerprint density at radius 1 is 1.55 bits per heavy atom. The molecule has 2 atom stereocenters. The molecule has 22 heavy (non-hydrogen) atoms. The van der Waals surface area contributed by atoms with E-state index < -0.39 is 24.0 Å². The highest BCUT2D eigenvalue weighted by molar-refractivity contribution is 5.57. The monoisotopic (exact) mass is 317 g/mol. The van der Waals surface area contributed by atoms with Gasteiger partial charge in [0, 0.05) is 13.1 Å². The number of nitrogens with zero attached hydrogens (tertiary/aromatic N) is 5. The van der Waals surface area contributed by atoms with Crippen LogP contribution in [-0.4, -0.2) is 58.2 Å². The van der Waals surface area contributed by atoms with E-state index in [-0.39, 0.29) is 17.5 Å². The number of nitro groups is 1. The fourth-order valence-electron chi connectivity index (χ4n) is 2.58. The Morgan fingerprint density at radius 3 is 2.82 bits per heavy atom. The van der Waals surface area contributed by atoms with Crippen LogP contribution in [0.3, 0.4) is 0 Å². The van der Waals surface area contributed by atoms with E-state index in [2.05, 4.69) is 16.8 Å². The van der Waals surface area contributed by atoms with Gasteiger partial charge >= 0.3 is 5.69 Å². The number of aliphatic hydroxyl groups excluding tert-OH is 1. The minimum absolute atomic E-state index is 0.0437. The summed E-state index contributed by atoms with van der Waals surface area (Å²) >= 11 is 0.